The van der Waals surface area contributed by atoms with Crippen molar-refractivity contribution in [2.24, 2.45) is 0 Å². The molecule has 4 atom stereocenters. The van der Waals surface area contributed by atoms with Crippen LogP contribution in [0.25, 0.3) is 0 Å². The minimum absolute atomic E-state index is 0.0604. The van der Waals surface area contributed by atoms with Crippen LogP contribution in [0, 0.1) is 19.7 Å². The molecule has 3 aromatic carbocycles. The molecule has 0 bridgehead atoms. The number of carbonyl (C=O) groups is 3. The number of carbonyl (C=O) groups excluding carboxylic acids is 3. The zero-order valence-electron chi connectivity index (χ0n) is 23.9. The fraction of sp³-hybridized carbons (Fsp3) is 0.344. The summed E-state index contributed by atoms with van der Waals surface area (Å²) in [6, 6.07) is 13.8. The third-order valence-electron chi connectivity index (χ3n) is 8.73. The van der Waals surface area contributed by atoms with Gasteiger partial charge in [0.15, 0.2) is 6.10 Å². The van der Waals surface area contributed by atoms with Crippen LogP contribution in [0.5, 0.6) is 5.75 Å². The van der Waals surface area contributed by atoms with E-state index in [1.165, 1.54) is 50.2 Å². The fourth-order valence-electron chi connectivity index (χ4n) is 6.02. The van der Waals surface area contributed by atoms with Gasteiger partial charge in [0.05, 0.1) is 12.6 Å². The molecule has 3 N–H and O–H groups in total. The first-order valence-electron chi connectivity index (χ1n) is 13.8. The van der Waals surface area contributed by atoms with Crippen LogP contribution in [0.4, 0.5) is 13.2 Å². The Morgan fingerprint density at radius 2 is 1.77 bits per heavy atom. The van der Waals surface area contributed by atoms with Gasteiger partial charge in [-0.3, -0.25) is 14.4 Å². The van der Waals surface area contributed by atoms with E-state index < -0.39 is 59.7 Å². The molecule has 5 rings (SSSR count). The molecule has 226 valence electrons. The van der Waals surface area contributed by atoms with E-state index in [4.69, 9.17) is 0 Å². The Labute approximate surface area is 246 Å². The average Bonchev–Trinajstić information content (AvgIpc) is 3.15. The van der Waals surface area contributed by atoms with Crippen molar-refractivity contribution in [3.8, 4) is 5.75 Å². The summed E-state index contributed by atoms with van der Waals surface area (Å²) in [7, 11) is 0. The van der Waals surface area contributed by atoms with Crippen molar-refractivity contribution < 1.29 is 37.8 Å². The molecule has 0 aliphatic carbocycles. The van der Waals surface area contributed by atoms with Gasteiger partial charge in [-0.2, -0.15) is 0 Å². The number of phenolic OH excluding ortho intramolecular Hbond substituents is 1. The van der Waals surface area contributed by atoms with Crippen LogP contribution >= 0.6 is 0 Å². The minimum Gasteiger partial charge on any atom is -0.508 e. The first kappa shape index (κ1) is 30.1. The molecule has 3 aromatic rings. The SMILES string of the molecule is Cc1ccccc1CN1C(=O)[C@H]2N(C(=O)[C@@H](O)[C@H](Cc3cccc(F)c3)NC(=O)c3cccc(O)c3C)CC(F)(F)C21C. The summed E-state index contributed by atoms with van der Waals surface area (Å²) in [5.41, 5.74) is 0.132. The second-order valence-electron chi connectivity index (χ2n) is 11.4. The van der Waals surface area contributed by atoms with Gasteiger partial charge in [0, 0.05) is 17.7 Å². The lowest BCUT2D eigenvalue weighted by Crippen LogP contribution is -2.78. The number of likely N-dealkylation sites (tertiary alicyclic amines) is 2. The van der Waals surface area contributed by atoms with Crippen molar-refractivity contribution in [2.75, 3.05) is 6.54 Å². The van der Waals surface area contributed by atoms with Crippen molar-refractivity contribution in [3.05, 3.63) is 100 Å². The fourth-order valence-corrected chi connectivity index (χ4v) is 6.02. The van der Waals surface area contributed by atoms with Gasteiger partial charge in [0.2, 0.25) is 5.91 Å². The molecule has 2 saturated heterocycles. The van der Waals surface area contributed by atoms with E-state index in [2.05, 4.69) is 5.32 Å². The molecular weight excluding hydrogens is 563 g/mol. The molecule has 2 aliphatic rings. The van der Waals surface area contributed by atoms with Crippen molar-refractivity contribution >= 4 is 17.7 Å². The van der Waals surface area contributed by atoms with Crippen molar-refractivity contribution in [2.45, 2.75) is 63.4 Å². The number of aromatic hydroxyl groups is 1. The van der Waals surface area contributed by atoms with Gasteiger partial charge < -0.3 is 25.3 Å². The van der Waals surface area contributed by atoms with Crippen molar-refractivity contribution in [1.82, 2.24) is 15.1 Å². The highest BCUT2D eigenvalue weighted by Crippen LogP contribution is 2.53. The lowest BCUT2D eigenvalue weighted by atomic mass is 9.77. The van der Waals surface area contributed by atoms with E-state index >= 15 is 8.78 Å². The summed E-state index contributed by atoms with van der Waals surface area (Å²) in [6.45, 7) is 3.37. The average molecular weight is 596 g/mol. The number of nitrogens with one attached hydrogen (secondary N) is 1. The van der Waals surface area contributed by atoms with E-state index in [1.807, 2.05) is 13.0 Å². The number of aliphatic hydroxyl groups excluding tert-OH is 1. The van der Waals surface area contributed by atoms with Crippen LogP contribution in [0.3, 0.4) is 0 Å². The first-order chi connectivity index (χ1) is 20.3. The quantitative estimate of drug-likeness (QED) is 0.346. The predicted octanol–water partition coefficient (Wildman–Crippen LogP) is 3.50. The summed E-state index contributed by atoms with van der Waals surface area (Å²) in [5, 5.41) is 23.9. The number of halogens is 3. The molecule has 0 saturated carbocycles. The number of benzene rings is 3. The number of hydrogen-bond donors (Lipinski definition) is 3. The molecule has 0 radical (unpaired) electrons. The number of alkyl halides is 2. The van der Waals surface area contributed by atoms with Crippen molar-refractivity contribution in [3.63, 3.8) is 0 Å². The van der Waals surface area contributed by atoms with Gasteiger partial charge in [0.1, 0.15) is 23.1 Å². The van der Waals surface area contributed by atoms with Gasteiger partial charge in [0.25, 0.3) is 17.7 Å². The van der Waals surface area contributed by atoms with E-state index in [9.17, 15) is 29.0 Å². The van der Waals surface area contributed by atoms with E-state index in [0.717, 1.165) is 16.5 Å². The normalized spacial score (nSPS) is 22.0. The number of phenols is 1. The van der Waals surface area contributed by atoms with Gasteiger partial charge in [-0.15, -0.1) is 0 Å². The minimum atomic E-state index is -3.50. The van der Waals surface area contributed by atoms with Crippen LogP contribution < -0.4 is 5.32 Å². The van der Waals surface area contributed by atoms with Crippen molar-refractivity contribution in [1.29, 1.82) is 0 Å². The number of rotatable bonds is 8. The summed E-state index contributed by atoms with van der Waals surface area (Å²) in [6.07, 6.45) is -2.28. The second-order valence-corrected chi connectivity index (χ2v) is 11.4. The lowest BCUT2D eigenvalue weighted by molar-refractivity contribution is -0.193. The number of nitrogens with zero attached hydrogens (tertiary/aromatic N) is 2. The van der Waals surface area contributed by atoms with Crippen LogP contribution in [0.1, 0.15) is 39.5 Å². The Bertz CT molecular complexity index is 1600. The molecular formula is C32H32F3N3O5. The second kappa shape index (κ2) is 11.0. The standard InChI is InChI=1S/C32H32F3N3O5/c1-18-8-4-5-10-21(18)16-38-30(43)27-31(38,3)32(34,35)17-37(27)29(42)26(40)24(15-20-9-6-11-22(33)14-20)36-28(41)23-12-7-13-25(39)19(23)2/h4-14,24,26-27,39-40H,15-17H2,1-3H3,(H,36,41)/t24-,26-,27+,31?/m0/s1. The zero-order valence-corrected chi connectivity index (χ0v) is 23.9. The molecule has 1 unspecified atom stereocenters. The molecule has 8 nitrogen and oxygen atoms in total. The Kier molecular flexibility index (Phi) is 7.72. The Hall–Kier alpha value is -4.38. The summed E-state index contributed by atoms with van der Waals surface area (Å²) < 4.78 is 45.2. The number of aliphatic hydroxyl groups is 1. The highest BCUT2D eigenvalue weighted by molar-refractivity contribution is 5.99. The van der Waals surface area contributed by atoms with E-state index in [1.54, 1.807) is 18.2 Å². The van der Waals surface area contributed by atoms with E-state index in [-0.39, 0.29) is 29.8 Å². The number of β-lactam (4-membered cyclic amide) rings is 1. The van der Waals surface area contributed by atoms with Gasteiger partial charge in [-0.1, -0.05) is 42.5 Å². The van der Waals surface area contributed by atoms with Crippen LogP contribution in [0.2, 0.25) is 0 Å². The van der Waals surface area contributed by atoms with Gasteiger partial charge in [-0.25, -0.2) is 13.2 Å². The van der Waals surface area contributed by atoms with Crippen LogP contribution in [-0.4, -0.2) is 73.9 Å². The molecule has 11 heteroatoms. The number of aryl methyl sites for hydroxylation is 1. The Balaban J connectivity index is 1.42. The smallest absolute Gasteiger partial charge is 0.290 e. The third kappa shape index (κ3) is 5.11. The Morgan fingerprint density at radius 3 is 2.47 bits per heavy atom. The molecule has 2 heterocycles. The zero-order chi connectivity index (χ0) is 31.3. The Morgan fingerprint density at radius 1 is 1.07 bits per heavy atom. The van der Waals surface area contributed by atoms with E-state index in [0.29, 0.717) is 16.0 Å². The molecule has 2 fully saturated rings. The first-order valence-corrected chi connectivity index (χ1v) is 13.8. The highest BCUT2D eigenvalue weighted by atomic mass is 19.3. The summed E-state index contributed by atoms with van der Waals surface area (Å²) in [4.78, 5) is 41.9. The number of fused-ring (bicyclic) bond motifs is 1. The van der Waals surface area contributed by atoms with Crippen LogP contribution in [0.15, 0.2) is 66.7 Å². The third-order valence-corrected chi connectivity index (χ3v) is 8.73. The monoisotopic (exact) mass is 595 g/mol. The summed E-state index contributed by atoms with van der Waals surface area (Å²) in [5.74, 6) is -6.82. The topological polar surface area (TPSA) is 110 Å². The van der Waals surface area contributed by atoms with Gasteiger partial charge in [-0.05, 0) is 68.1 Å². The van der Waals surface area contributed by atoms with Crippen LogP contribution in [-0.2, 0) is 22.6 Å². The maximum Gasteiger partial charge on any atom is 0.290 e. The number of amides is 3. The molecule has 2 aliphatic heterocycles. The maximum absolute atomic E-state index is 15.6. The lowest BCUT2D eigenvalue weighted by Gasteiger charge is -2.54. The molecule has 3 amide bonds. The molecule has 0 spiro atoms. The molecule has 0 aromatic heterocycles. The maximum atomic E-state index is 15.6. The molecule has 43 heavy (non-hydrogen) atoms. The van der Waals surface area contributed by atoms with Gasteiger partial charge >= 0.3 is 0 Å². The predicted molar refractivity (Wildman–Crippen MR) is 151 cm³/mol. The number of hydrogen-bond acceptors (Lipinski definition) is 5. The largest absolute Gasteiger partial charge is 0.508 e. The summed E-state index contributed by atoms with van der Waals surface area (Å²) >= 11 is 0. The highest BCUT2D eigenvalue weighted by Gasteiger charge is 2.77.